The van der Waals surface area contributed by atoms with E-state index < -0.39 is 5.63 Å². The minimum absolute atomic E-state index is 0.357. The SMILES string of the molecule is COc1cc(C)cc2nc(C)c(=O)oc12. The van der Waals surface area contributed by atoms with Crippen LogP contribution in [0.1, 0.15) is 11.3 Å². The first-order valence-corrected chi connectivity index (χ1v) is 4.58. The Morgan fingerprint density at radius 2 is 2.07 bits per heavy atom. The van der Waals surface area contributed by atoms with Crippen LogP contribution in [-0.2, 0) is 0 Å². The van der Waals surface area contributed by atoms with Crippen molar-refractivity contribution in [3.63, 3.8) is 0 Å². The molecule has 1 aromatic carbocycles. The molecule has 0 spiro atoms. The first-order chi connectivity index (χ1) is 7.11. The highest BCUT2D eigenvalue weighted by molar-refractivity contribution is 5.79. The Morgan fingerprint density at radius 3 is 2.73 bits per heavy atom. The van der Waals surface area contributed by atoms with Gasteiger partial charge in [-0.15, -0.1) is 0 Å². The van der Waals surface area contributed by atoms with Crippen LogP contribution in [0.3, 0.4) is 0 Å². The van der Waals surface area contributed by atoms with Gasteiger partial charge in [-0.25, -0.2) is 9.78 Å². The molecule has 0 fully saturated rings. The minimum atomic E-state index is -0.426. The third-order valence-electron chi connectivity index (χ3n) is 2.18. The molecular formula is C11H11NO3. The zero-order valence-corrected chi connectivity index (χ0v) is 8.83. The number of hydrogen-bond donors (Lipinski definition) is 0. The molecule has 0 atom stereocenters. The first kappa shape index (κ1) is 9.71. The molecule has 0 aliphatic carbocycles. The third-order valence-corrected chi connectivity index (χ3v) is 2.18. The van der Waals surface area contributed by atoms with Gasteiger partial charge < -0.3 is 9.15 Å². The lowest BCUT2D eigenvalue weighted by Crippen LogP contribution is -2.06. The molecule has 4 heteroatoms. The molecule has 0 N–H and O–H groups in total. The number of hydrogen-bond acceptors (Lipinski definition) is 4. The van der Waals surface area contributed by atoms with Crippen molar-refractivity contribution in [2.75, 3.05) is 7.11 Å². The number of methoxy groups -OCH3 is 1. The number of ether oxygens (including phenoxy) is 1. The molecule has 15 heavy (non-hydrogen) atoms. The Hall–Kier alpha value is -1.84. The number of benzene rings is 1. The second kappa shape index (κ2) is 3.38. The Labute approximate surface area is 86.5 Å². The van der Waals surface area contributed by atoms with Crippen molar-refractivity contribution in [1.29, 1.82) is 0 Å². The summed E-state index contributed by atoms with van der Waals surface area (Å²) >= 11 is 0. The van der Waals surface area contributed by atoms with Crippen LogP contribution in [0, 0.1) is 13.8 Å². The molecule has 2 rings (SSSR count). The molecule has 1 aromatic heterocycles. The summed E-state index contributed by atoms with van der Waals surface area (Å²) in [6.07, 6.45) is 0. The fraction of sp³-hybridized carbons (Fsp3) is 0.273. The van der Waals surface area contributed by atoms with Gasteiger partial charge in [-0.1, -0.05) is 0 Å². The number of rotatable bonds is 1. The zero-order chi connectivity index (χ0) is 11.0. The van der Waals surface area contributed by atoms with Crippen molar-refractivity contribution >= 4 is 11.1 Å². The molecule has 0 saturated heterocycles. The zero-order valence-electron chi connectivity index (χ0n) is 8.83. The van der Waals surface area contributed by atoms with Gasteiger partial charge in [0, 0.05) is 0 Å². The molecule has 4 nitrogen and oxygen atoms in total. The molecule has 0 aliphatic rings. The average Bonchev–Trinajstić information content (AvgIpc) is 2.19. The fourth-order valence-corrected chi connectivity index (χ4v) is 1.45. The van der Waals surface area contributed by atoms with E-state index >= 15 is 0 Å². The van der Waals surface area contributed by atoms with E-state index in [0.29, 0.717) is 22.5 Å². The molecule has 0 unspecified atom stereocenters. The highest BCUT2D eigenvalue weighted by atomic mass is 16.5. The summed E-state index contributed by atoms with van der Waals surface area (Å²) in [7, 11) is 1.54. The molecular weight excluding hydrogens is 194 g/mol. The van der Waals surface area contributed by atoms with E-state index in [0.717, 1.165) is 5.56 Å². The van der Waals surface area contributed by atoms with Gasteiger partial charge in [0.2, 0.25) is 0 Å². The monoisotopic (exact) mass is 205 g/mol. The number of fused-ring (bicyclic) bond motifs is 1. The topological polar surface area (TPSA) is 52.3 Å². The number of aromatic nitrogens is 1. The second-order valence-corrected chi connectivity index (χ2v) is 3.40. The van der Waals surface area contributed by atoms with Gasteiger partial charge >= 0.3 is 5.63 Å². The normalized spacial score (nSPS) is 10.6. The molecule has 0 radical (unpaired) electrons. The fourth-order valence-electron chi connectivity index (χ4n) is 1.45. The maximum atomic E-state index is 11.3. The van der Waals surface area contributed by atoms with Crippen LogP contribution >= 0.6 is 0 Å². The smallest absolute Gasteiger partial charge is 0.357 e. The summed E-state index contributed by atoms with van der Waals surface area (Å²) in [4.78, 5) is 15.5. The van der Waals surface area contributed by atoms with Crippen molar-refractivity contribution < 1.29 is 9.15 Å². The van der Waals surface area contributed by atoms with Crippen LogP contribution in [0.15, 0.2) is 21.3 Å². The van der Waals surface area contributed by atoms with E-state index in [1.807, 2.05) is 19.1 Å². The Bertz CT molecular complexity index is 572. The van der Waals surface area contributed by atoms with Gasteiger partial charge in [-0.2, -0.15) is 0 Å². The minimum Gasteiger partial charge on any atom is -0.493 e. The summed E-state index contributed by atoms with van der Waals surface area (Å²) in [6, 6.07) is 3.66. The van der Waals surface area contributed by atoms with Crippen molar-refractivity contribution in [3.8, 4) is 5.75 Å². The van der Waals surface area contributed by atoms with E-state index in [1.165, 1.54) is 7.11 Å². The van der Waals surface area contributed by atoms with E-state index in [1.54, 1.807) is 6.92 Å². The maximum absolute atomic E-state index is 11.3. The highest BCUT2D eigenvalue weighted by Crippen LogP contribution is 2.24. The summed E-state index contributed by atoms with van der Waals surface area (Å²) < 4.78 is 10.3. The van der Waals surface area contributed by atoms with Crippen LogP contribution in [0.25, 0.3) is 11.1 Å². The van der Waals surface area contributed by atoms with Crippen LogP contribution < -0.4 is 10.4 Å². The Balaban J connectivity index is 2.91. The van der Waals surface area contributed by atoms with Gasteiger partial charge in [0.05, 0.1) is 7.11 Å². The molecule has 2 aromatic rings. The van der Waals surface area contributed by atoms with E-state index in [-0.39, 0.29) is 0 Å². The predicted octanol–water partition coefficient (Wildman–Crippen LogP) is 1.81. The summed E-state index contributed by atoms with van der Waals surface area (Å²) in [5.41, 5.74) is 1.99. The Morgan fingerprint density at radius 1 is 1.33 bits per heavy atom. The number of nitrogens with zero attached hydrogens (tertiary/aromatic N) is 1. The molecule has 1 heterocycles. The number of aryl methyl sites for hydroxylation is 2. The van der Waals surface area contributed by atoms with Gasteiger partial charge in [-0.3, -0.25) is 0 Å². The van der Waals surface area contributed by atoms with Crippen LogP contribution in [0.2, 0.25) is 0 Å². The van der Waals surface area contributed by atoms with E-state index in [2.05, 4.69) is 4.98 Å². The second-order valence-electron chi connectivity index (χ2n) is 3.40. The molecule has 0 saturated carbocycles. The first-order valence-electron chi connectivity index (χ1n) is 4.58. The molecule has 0 bridgehead atoms. The van der Waals surface area contributed by atoms with Gasteiger partial charge in [0.1, 0.15) is 11.2 Å². The van der Waals surface area contributed by atoms with Gasteiger partial charge in [0.25, 0.3) is 0 Å². The summed E-state index contributed by atoms with van der Waals surface area (Å²) in [6.45, 7) is 3.56. The van der Waals surface area contributed by atoms with Crippen molar-refractivity contribution in [2.45, 2.75) is 13.8 Å². The Kier molecular flexibility index (Phi) is 2.19. The summed E-state index contributed by atoms with van der Waals surface area (Å²) in [5.74, 6) is 0.537. The standard InChI is InChI=1S/C11H11NO3/c1-6-4-8-10(9(5-6)14-3)15-11(13)7(2)12-8/h4-5H,1-3H3. The molecule has 0 aliphatic heterocycles. The third kappa shape index (κ3) is 1.58. The van der Waals surface area contributed by atoms with Crippen molar-refractivity contribution in [2.24, 2.45) is 0 Å². The lowest BCUT2D eigenvalue weighted by Gasteiger charge is -2.05. The average molecular weight is 205 g/mol. The van der Waals surface area contributed by atoms with Crippen LogP contribution in [-0.4, -0.2) is 12.1 Å². The molecule has 0 amide bonds. The van der Waals surface area contributed by atoms with Gasteiger partial charge in [-0.05, 0) is 31.5 Å². The maximum Gasteiger partial charge on any atom is 0.357 e. The lowest BCUT2D eigenvalue weighted by molar-refractivity contribution is 0.405. The van der Waals surface area contributed by atoms with Crippen molar-refractivity contribution in [3.05, 3.63) is 33.8 Å². The molecule has 78 valence electrons. The highest BCUT2D eigenvalue weighted by Gasteiger charge is 2.09. The largest absolute Gasteiger partial charge is 0.493 e. The van der Waals surface area contributed by atoms with E-state index in [9.17, 15) is 4.79 Å². The van der Waals surface area contributed by atoms with Crippen LogP contribution in [0.5, 0.6) is 5.75 Å². The van der Waals surface area contributed by atoms with Crippen LogP contribution in [0.4, 0.5) is 0 Å². The van der Waals surface area contributed by atoms with Gasteiger partial charge in [0.15, 0.2) is 11.3 Å². The predicted molar refractivity (Wildman–Crippen MR) is 56.3 cm³/mol. The van der Waals surface area contributed by atoms with E-state index in [4.69, 9.17) is 9.15 Å². The summed E-state index contributed by atoms with van der Waals surface area (Å²) in [5, 5.41) is 0. The quantitative estimate of drug-likeness (QED) is 0.712. The lowest BCUT2D eigenvalue weighted by atomic mass is 10.2. The van der Waals surface area contributed by atoms with Crippen molar-refractivity contribution in [1.82, 2.24) is 4.98 Å².